The van der Waals surface area contributed by atoms with Crippen molar-refractivity contribution < 1.29 is 14.3 Å². The van der Waals surface area contributed by atoms with Crippen LogP contribution in [-0.4, -0.2) is 35.2 Å². The number of amides is 1. The van der Waals surface area contributed by atoms with E-state index >= 15 is 0 Å². The molecule has 3 N–H and O–H groups in total. The van der Waals surface area contributed by atoms with Gasteiger partial charge in [0.1, 0.15) is 6.17 Å². The molecule has 0 radical (unpaired) electrons. The summed E-state index contributed by atoms with van der Waals surface area (Å²) in [6.07, 6.45) is -1.12. The van der Waals surface area contributed by atoms with Gasteiger partial charge in [-0.1, -0.05) is 46.4 Å². The zero-order valence-corrected chi connectivity index (χ0v) is 19.1. The molecule has 0 spiro atoms. The summed E-state index contributed by atoms with van der Waals surface area (Å²) in [4.78, 5) is 12.6. The van der Waals surface area contributed by atoms with E-state index in [-0.39, 0.29) is 10.7 Å². The smallest absolute Gasteiger partial charge is 0.253 e. The zero-order chi connectivity index (χ0) is 21.6. The standard InChI is InChI=1S/C18H17Cl4N3O3S/c1-27-13-8-3-10(9-14(13)28-2)15(26)24-16(18(20,21)22)25-17(29)23-12-6-4-11(19)5-7-12/h3-9,16H,1-2H3,(H,24,26)(H2,23,25,29)/t16-/m1/s1. The summed E-state index contributed by atoms with van der Waals surface area (Å²) in [5, 5.41) is 9.00. The SMILES string of the molecule is COc1ccc(C(=O)N[C@H](NC(=S)Nc2ccc(Cl)cc2)C(Cl)(Cl)Cl)cc1OC. The molecule has 2 aromatic carbocycles. The van der Waals surface area contributed by atoms with Gasteiger partial charge in [0.05, 0.1) is 14.2 Å². The molecule has 0 fully saturated rings. The van der Waals surface area contributed by atoms with Gasteiger partial charge in [-0.05, 0) is 54.7 Å². The van der Waals surface area contributed by atoms with Crippen LogP contribution in [0.3, 0.4) is 0 Å². The number of alkyl halides is 3. The van der Waals surface area contributed by atoms with Crippen LogP contribution < -0.4 is 25.4 Å². The van der Waals surface area contributed by atoms with E-state index in [0.29, 0.717) is 22.2 Å². The fourth-order valence-electron chi connectivity index (χ4n) is 2.22. The summed E-state index contributed by atoms with van der Waals surface area (Å²) in [6, 6.07) is 11.5. The number of nitrogens with one attached hydrogen (secondary N) is 3. The van der Waals surface area contributed by atoms with Crippen LogP contribution in [0.2, 0.25) is 5.02 Å². The lowest BCUT2D eigenvalue weighted by Crippen LogP contribution is -2.56. The van der Waals surface area contributed by atoms with E-state index in [0.717, 1.165) is 0 Å². The lowest BCUT2D eigenvalue weighted by atomic mass is 10.2. The number of anilines is 1. The van der Waals surface area contributed by atoms with Crippen LogP contribution in [0.25, 0.3) is 0 Å². The highest BCUT2D eigenvalue weighted by Gasteiger charge is 2.35. The molecule has 0 aliphatic carbocycles. The van der Waals surface area contributed by atoms with E-state index in [1.807, 2.05) is 0 Å². The van der Waals surface area contributed by atoms with Crippen molar-refractivity contribution in [2.24, 2.45) is 0 Å². The van der Waals surface area contributed by atoms with Gasteiger partial charge < -0.3 is 25.4 Å². The molecule has 2 rings (SSSR count). The Hall–Kier alpha value is -1.64. The predicted molar refractivity (Wildman–Crippen MR) is 122 cm³/mol. The second-order valence-corrected chi connectivity index (χ2v) is 8.84. The van der Waals surface area contributed by atoms with Gasteiger partial charge >= 0.3 is 0 Å². The van der Waals surface area contributed by atoms with Crippen molar-refractivity contribution in [3.63, 3.8) is 0 Å². The minimum Gasteiger partial charge on any atom is -0.493 e. The fraction of sp³-hybridized carbons (Fsp3) is 0.222. The molecule has 1 atom stereocenters. The number of rotatable bonds is 6. The van der Waals surface area contributed by atoms with Gasteiger partial charge in [0, 0.05) is 16.3 Å². The van der Waals surface area contributed by atoms with Gasteiger partial charge in [-0.15, -0.1) is 0 Å². The molecule has 156 valence electrons. The Morgan fingerprint density at radius 2 is 1.62 bits per heavy atom. The van der Waals surface area contributed by atoms with Gasteiger partial charge in [-0.25, -0.2) is 0 Å². The van der Waals surface area contributed by atoms with Gasteiger partial charge in [0.15, 0.2) is 16.6 Å². The van der Waals surface area contributed by atoms with Crippen molar-refractivity contribution in [3.05, 3.63) is 53.1 Å². The molecule has 0 aliphatic heterocycles. The zero-order valence-electron chi connectivity index (χ0n) is 15.3. The largest absolute Gasteiger partial charge is 0.493 e. The van der Waals surface area contributed by atoms with Crippen molar-refractivity contribution in [2.75, 3.05) is 19.5 Å². The van der Waals surface area contributed by atoms with Crippen molar-refractivity contribution >= 4 is 75.3 Å². The van der Waals surface area contributed by atoms with E-state index in [9.17, 15) is 4.79 Å². The normalized spacial score (nSPS) is 11.9. The third-order valence-corrected chi connectivity index (χ3v) is 4.75. The van der Waals surface area contributed by atoms with Crippen molar-refractivity contribution in [3.8, 4) is 11.5 Å². The van der Waals surface area contributed by atoms with Gasteiger partial charge in [0.2, 0.25) is 3.79 Å². The third kappa shape index (κ3) is 6.97. The van der Waals surface area contributed by atoms with Crippen LogP contribution in [0.1, 0.15) is 10.4 Å². The molecular formula is C18H17Cl4N3O3S. The molecule has 0 unspecified atom stereocenters. The molecule has 0 saturated heterocycles. The summed E-state index contributed by atoms with van der Waals surface area (Å²) >= 11 is 29.1. The number of hydrogen-bond donors (Lipinski definition) is 3. The minimum absolute atomic E-state index is 0.135. The molecule has 0 aliphatic rings. The third-order valence-electron chi connectivity index (χ3n) is 3.63. The molecule has 0 aromatic heterocycles. The monoisotopic (exact) mass is 495 g/mol. The van der Waals surface area contributed by atoms with Gasteiger partial charge in [-0.3, -0.25) is 4.79 Å². The Morgan fingerprint density at radius 3 is 2.17 bits per heavy atom. The number of ether oxygens (including phenoxy) is 2. The summed E-state index contributed by atoms with van der Waals surface area (Å²) < 4.78 is 8.47. The van der Waals surface area contributed by atoms with Crippen LogP contribution in [0.15, 0.2) is 42.5 Å². The minimum atomic E-state index is -1.89. The van der Waals surface area contributed by atoms with E-state index < -0.39 is 15.9 Å². The first-order valence-electron chi connectivity index (χ1n) is 8.06. The first kappa shape index (κ1) is 23.6. The van der Waals surface area contributed by atoms with Crippen molar-refractivity contribution in [2.45, 2.75) is 9.96 Å². The molecule has 0 heterocycles. The van der Waals surface area contributed by atoms with Crippen LogP contribution in [0, 0.1) is 0 Å². The van der Waals surface area contributed by atoms with E-state index in [4.69, 9.17) is 68.1 Å². The predicted octanol–water partition coefficient (Wildman–Crippen LogP) is 4.77. The maximum absolute atomic E-state index is 12.6. The number of halogens is 4. The van der Waals surface area contributed by atoms with E-state index in [1.165, 1.54) is 20.3 Å². The van der Waals surface area contributed by atoms with Crippen molar-refractivity contribution in [1.82, 2.24) is 10.6 Å². The number of thiocarbonyl (C=S) groups is 1. The Balaban J connectivity index is 2.11. The average Bonchev–Trinajstić information content (AvgIpc) is 2.67. The highest BCUT2D eigenvalue weighted by Crippen LogP contribution is 2.30. The Morgan fingerprint density at radius 1 is 1.00 bits per heavy atom. The topological polar surface area (TPSA) is 71.6 Å². The first-order chi connectivity index (χ1) is 13.6. The molecule has 0 saturated carbocycles. The maximum atomic E-state index is 12.6. The van der Waals surface area contributed by atoms with Gasteiger partial charge in [-0.2, -0.15) is 0 Å². The molecule has 0 bridgehead atoms. The number of hydrogen-bond acceptors (Lipinski definition) is 4. The molecule has 1 amide bonds. The average molecular weight is 497 g/mol. The highest BCUT2D eigenvalue weighted by atomic mass is 35.6. The van der Waals surface area contributed by atoms with Gasteiger partial charge in [0.25, 0.3) is 5.91 Å². The van der Waals surface area contributed by atoms with Crippen molar-refractivity contribution in [1.29, 1.82) is 0 Å². The Labute approximate surface area is 193 Å². The molecule has 6 nitrogen and oxygen atoms in total. The number of carbonyl (C=O) groups is 1. The molecular weight excluding hydrogens is 480 g/mol. The lowest BCUT2D eigenvalue weighted by molar-refractivity contribution is 0.0934. The maximum Gasteiger partial charge on any atom is 0.253 e. The first-order valence-corrected chi connectivity index (χ1v) is 9.98. The molecule has 2 aromatic rings. The number of carbonyl (C=O) groups excluding carboxylic acids is 1. The number of methoxy groups -OCH3 is 2. The van der Waals surface area contributed by atoms with Crippen LogP contribution >= 0.6 is 58.6 Å². The Bertz CT molecular complexity index is 876. The second kappa shape index (κ2) is 10.4. The lowest BCUT2D eigenvalue weighted by Gasteiger charge is -2.28. The second-order valence-electron chi connectivity index (χ2n) is 5.62. The summed E-state index contributed by atoms with van der Waals surface area (Å²) in [7, 11) is 2.96. The number of benzene rings is 2. The summed E-state index contributed by atoms with van der Waals surface area (Å²) in [5.74, 6) is 0.357. The quantitative estimate of drug-likeness (QED) is 0.304. The summed E-state index contributed by atoms with van der Waals surface area (Å²) in [5.41, 5.74) is 0.946. The van der Waals surface area contributed by atoms with E-state index in [2.05, 4.69) is 16.0 Å². The van der Waals surface area contributed by atoms with Crippen LogP contribution in [0.4, 0.5) is 5.69 Å². The molecule has 29 heavy (non-hydrogen) atoms. The highest BCUT2D eigenvalue weighted by molar-refractivity contribution is 7.80. The van der Waals surface area contributed by atoms with Crippen LogP contribution in [0.5, 0.6) is 11.5 Å². The molecule has 11 heteroatoms. The Kier molecular flexibility index (Phi) is 8.48. The fourth-order valence-corrected chi connectivity index (χ4v) is 2.91. The van der Waals surface area contributed by atoms with Crippen LogP contribution in [-0.2, 0) is 0 Å². The van der Waals surface area contributed by atoms with E-state index in [1.54, 1.807) is 36.4 Å². The summed E-state index contributed by atoms with van der Waals surface area (Å²) in [6.45, 7) is 0.